The van der Waals surface area contributed by atoms with Crippen LogP contribution in [0.3, 0.4) is 0 Å². The maximum Gasteiger partial charge on any atom is 0.265 e. The van der Waals surface area contributed by atoms with Crippen LogP contribution in [0.5, 0.6) is 0 Å². The van der Waals surface area contributed by atoms with E-state index in [1.165, 1.54) is 15.6 Å². The van der Waals surface area contributed by atoms with Crippen LogP contribution in [0.4, 0.5) is 5.69 Å². The van der Waals surface area contributed by atoms with Crippen molar-refractivity contribution in [2.75, 3.05) is 4.31 Å². The minimum absolute atomic E-state index is 0.113. The van der Waals surface area contributed by atoms with Crippen molar-refractivity contribution in [3.63, 3.8) is 0 Å². The van der Waals surface area contributed by atoms with Crippen LogP contribution in [0.1, 0.15) is 23.3 Å². The molecule has 1 aliphatic heterocycles. The Hall–Kier alpha value is -2.19. The van der Waals surface area contributed by atoms with Gasteiger partial charge in [0.2, 0.25) is 11.7 Å². The van der Waals surface area contributed by atoms with E-state index in [-0.39, 0.29) is 6.04 Å². The molecule has 0 spiro atoms. The summed E-state index contributed by atoms with van der Waals surface area (Å²) < 4.78 is 33.2. The number of rotatable bonds is 3. The molecule has 0 N–H and O–H groups in total. The van der Waals surface area contributed by atoms with Gasteiger partial charge in [-0.3, -0.25) is 4.31 Å². The number of aromatic nitrogens is 2. The molecule has 0 amide bonds. The Bertz CT molecular complexity index is 1050. The van der Waals surface area contributed by atoms with Gasteiger partial charge < -0.3 is 4.52 Å². The van der Waals surface area contributed by atoms with Gasteiger partial charge in [-0.25, -0.2) is 8.42 Å². The molecular formula is C17H17N3O3S2. The van der Waals surface area contributed by atoms with Gasteiger partial charge in [-0.15, -0.1) is 11.3 Å². The van der Waals surface area contributed by atoms with Crippen LogP contribution in [-0.2, 0) is 16.4 Å². The van der Waals surface area contributed by atoms with Crippen LogP contribution < -0.4 is 4.31 Å². The smallest absolute Gasteiger partial charge is 0.265 e. The van der Waals surface area contributed by atoms with Crippen LogP contribution in [0.25, 0.3) is 10.7 Å². The normalized spacial score (nSPS) is 17.1. The molecule has 130 valence electrons. The van der Waals surface area contributed by atoms with Gasteiger partial charge in [0, 0.05) is 17.8 Å². The molecule has 3 heterocycles. The minimum Gasteiger partial charge on any atom is -0.339 e. The molecule has 2 aromatic heterocycles. The number of thiophene rings is 1. The second-order valence-electron chi connectivity index (χ2n) is 6.15. The van der Waals surface area contributed by atoms with E-state index in [1.54, 1.807) is 19.9 Å². The summed E-state index contributed by atoms with van der Waals surface area (Å²) >= 11 is 1.36. The van der Waals surface area contributed by atoms with Crippen molar-refractivity contribution in [2.24, 2.45) is 0 Å². The molecule has 6 nitrogen and oxygen atoms in total. The van der Waals surface area contributed by atoms with E-state index in [9.17, 15) is 8.42 Å². The average molecular weight is 375 g/mol. The molecule has 0 fully saturated rings. The van der Waals surface area contributed by atoms with Gasteiger partial charge in [-0.2, -0.15) is 4.98 Å². The third-order valence-electron chi connectivity index (χ3n) is 4.30. The van der Waals surface area contributed by atoms with Crippen molar-refractivity contribution in [1.29, 1.82) is 0 Å². The van der Waals surface area contributed by atoms with Gasteiger partial charge in [0.15, 0.2) is 0 Å². The Morgan fingerprint density at radius 2 is 2.04 bits per heavy atom. The van der Waals surface area contributed by atoms with Crippen LogP contribution in [0.15, 0.2) is 39.8 Å². The zero-order chi connectivity index (χ0) is 17.8. The van der Waals surface area contributed by atoms with Gasteiger partial charge in [-0.05, 0) is 38.0 Å². The molecule has 0 saturated carbocycles. The molecule has 4 rings (SSSR count). The van der Waals surface area contributed by atoms with E-state index in [4.69, 9.17) is 4.52 Å². The van der Waals surface area contributed by atoms with Crippen LogP contribution in [-0.4, -0.2) is 24.6 Å². The van der Waals surface area contributed by atoms with Crippen molar-refractivity contribution < 1.29 is 12.9 Å². The fraction of sp³-hybridized carbons (Fsp3) is 0.294. The molecule has 0 bridgehead atoms. The predicted octanol–water partition coefficient (Wildman–Crippen LogP) is 3.55. The molecule has 0 radical (unpaired) electrons. The lowest BCUT2D eigenvalue weighted by molar-refractivity contribution is 0.394. The fourth-order valence-corrected chi connectivity index (χ4v) is 6.42. The first-order valence-corrected chi connectivity index (χ1v) is 10.2. The molecular weight excluding hydrogens is 358 g/mol. The quantitative estimate of drug-likeness (QED) is 0.700. The third-order valence-corrected chi connectivity index (χ3v) is 7.53. The molecule has 1 aromatic carbocycles. The standard InChI is InChI=1S/C17H17N3O3S2/c1-10-8-13-6-4-5-7-14(13)20(10)25(21,22)16-9-15(24-11(16)2)17-18-12(3)23-19-17/h4-7,9-10H,8H2,1-3H3/t10-/m1/s1. The second-order valence-corrected chi connectivity index (χ2v) is 9.19. The minimum atomic E-state index is -3.65. The van der Waals surface area contributed by atoms with Crippen molar-refractivity contribution in [1.82, 2.24) is 10.1 Å². The van der Waals surface area contributed by atoms with Gasteiger partial charge in [0.1, 0.15) is 4.90 Å². The van der Waals surface area contributed by atoms with E-state index in [0.717, 1.165) is 17.7 Å². The van der Waals surface area contributed by atoms with Gasteiger partial charge in [0.25, 0.3) is 10.0 Å². The zero-order valence-electron chi connectivity index (χ0n) is 14.1. The highest BCUT2D eigenvalue weighted by Crippen LogP contribution is 2.40. The van der Waals surface area contributed by atoms with Crippen LogP contribution in [0.2, 0.25) is 0 Å². The molecule has 1 aliphatic rings. The van der Waals surface area contributed by atoms with Crippen molar-refractivity contribution >= 4 is 27.0 Å². The lowest BCUT2D eigenvalue weighted by Gasteiger charge is -2.24. The van der Waals surface area contributed by atoms with E-state index >= 15 is 0 Å². The summed E-state index contributed by atoms with van der Waals surface area (Å²) in [4.78, 5) is 5.90. The summed E-state index contributed by atoms with van der Waals surface area (Å²) in [6, 6.07) is 9.18. The Morgan fingerprint density at radius 3 is 2.76 bits per heavy atom. The summed E-state index contributed by atoms with van der Waals surface area (Å²) in [5.41, 5.74) is 1.82. The number of nitrogens with zero attached hydrogens (tertiary/aromatic N) is 3. The molecule has 1 atom stereocenters. The zero-order valence-corrected chi connectivity index (χ0v) is 15.7. The molecule has 0 unspecified atom stereocenters. The predicted molar refractivity (Wildman–Crippen MR) is 96.4 cm³/mol. The number of hydrogen-bond donors (Lipinski definition) is 0. The highest BCUT2D eigenvalue weighted by Gasteiger charge is 2.37. The maximum atomic E-state index is 13.3. The maximum absolute atomic E-state index is 13.3. The number of anilines is 1. The van der Waals surface area contributed by atoms with E-state index in [2.05, 4.69) is 10.1 Å². The van der Waals surface area contributed by atoms with Gasteiger partial charge >= 0.3 is 0 Å². The third kappa shape index (κ3) is 2.56. The van der Waals surface area contributed by atoms with Gasteiger partial charge in [-0.1, -0.05) is 23.4 Å². The monoisotopic (exact) mass is 375 g/mol. The number of fused-ring (bicyclic) bond motifs is 1. The average Bonchev–Trinajstić information content (AvgIpc) is 3.23. The van der Waals surface area contributed by atoms with Gasteiger partial charge in [0.05, 0.1) is 10.6 Å². The van der Waals surface area contributed by atoms with Crippen molar-refractivity contribution in [3.05, 3.63) is 46.7 Å². The number of hydrogen-bond acceptors (Lipinski definition) is 6. The Labute approximate surface area is 150 Å². The first-order chi connectivity index (χ1) is 11.9. The molecule has 8 heteroatoms. The fourth-order valence-electron chi connectivity index (χ4n) is 3.24. The largest absolute Gasteiger partial charge is 0.339 e. The second kappa shape index (κ2) is 5.67. The first-order valence-electron chi connectivity index (χ1n) is 7.91. The molecule has 0 aliphatic carbocycles. The van der Waals surface area contributed by atoms with Crippen molar-refractivity contribution in [3.8, 4) is 10.7 Å². The number of benzene rings is 1. The number of para-hydroxylation sites is 1. The number of sulfonamides is 1. The Balaban J connectivity index is 1.80. The lowest BCUT2D eigenvalue weighted by atomic mass is 10.1. The molecule has 3 aromatic rings. The highest BCUT2D eigenvalue weighted by molar-refractivity contribution is 7.93. The number of aryl methyl sites for hydroxylation is 2. The summed E-state index contributed by atoms with van der Waals surface area (Å²) in [6.45, 7) is 5.45. The first kappa shape index (κ1) is 16.3. The summed E-state index contributed by atoms with van der Waals surface area (Å²) in [5, 5.41) is 3.89. The molecule has 25 heavy (non-hydrogen) atoms. The van der Waals surface area contributed by atoms with Crippen LogP contribution in [0, 0.1) is 13.8 Å². The van der Waals surface area contributed by atoms with Crippen molar-refractivity contribution in [2.45, 2.75) is 38.1 Å². The summed E-state index contributed by atoms with van der Waals surface area (Å²) in [6.07, 6.45) is 0.718. The topological polar surface area (TPSA) is 76.3 Å². The lowest BCUT2D eigenvalue weighted by Crippen LogP contribution is -2.35. The summed E-state index contributed by atoms with van der Waals surface area (Å²) in [5.74, 6) is 0.870. The SMILES string of the molecule is Cc1nc(-c2cc(S(=O)(=O)N3c4ccccc4C[C@H]3C)c(C)s2)no1. The van der Waals surface area contributed by atoms with E-state index in [0.29, 0.717) is 26.4 Å². The van der Waals surface area contributed by atoms with Crippen LogP contribution >= 0.6 is 11.3 Å². The Morgan fingerprint density at radius 1 is 1.28 bits per heavy atom. The van der Waals surface area contributed by atoms with E-state index < -0.39 is 10.0 Å². The highest BCUT2D eigenvalue weighted by atomic mass is 32.2. The summed E-state index contributed by atoms with van der Waals surface area (Å²) in [7, 11) is -3.65. The molecule has 0 saturated heterocycles. The Kier molecular flexibility index (Phi) is 3.69. The van der Waals surface area contributed by atoms with E-state index in [1.807, 2.05) is 31.2 Å².